The van der Waals surface area contributed by atoms with Crippen LogP contribution in [0.3, 0.4) is 0 Å². The minimum atomic E-state index is -1.01. The van der Waals surface area contributed by atoms with Gasteiger partial charge in [0.05, 0.1) is 19.1 Å². The maximum Gasteiger partial charge on any atom is 0.222 e. The Morgan fingerprint density at radius 2 is 2.21 bits per heavy atom. The van der Waals surface area contributed by atoms with Gasteiger partial charge in [-0.25, -0.2) is 4.39 Å². The maximum atomic E-state index is 13.0. The summed E-state index contributed by atoms with van der Waals surface area (Å²) in [5, 5.41) is 21.7. The topological polar surface area (TPSA) is 69.6 Å². The molecule has 0 radical (unpaired) electrons. The zero-order valence-electron chi connectivity index (χ0n) is 10.6. The van der Waals surface area contributed by atoms with Crippen molar-refractivity contribution in [3.63, 3.8) is 0 Å². The predicted octanol–water partition coefficient (Wildman–Crippen LogP) is 1.14. The minimum Gasteiger partial charge on any atom is -0.396 e. The fourth-order valence-electron chi connectivity index (χ4n) is 1.93. The van der Waals surface area contributed by atoms with Gasteiger partial charge >= 0.3 is 0 Å². The van der Waals surface area contributed by atoms with Gasteiger partial charge in [-0.2, -0.15) is 0 Å². The zero-order chi connectivity index (χ0) is 13.9. The highest BCUT2D eigenvalue weighted by molar-refractivity contribution is 5.76. The SMILES string of the molecule is O=C(CC(O)c1cccc(F)c1)NCC1(CO)CC1. The van der Waals surface area contributed by atoms with Gasteiger partial charge in [-0.15, -0.1) is 0 Å². The summed E-state index contributed by atoms with van der Waals surface area (Å²) < 4.78 is 13.0. The van der Waals surface area contributed by atoms with Crippen molar-refractivity contribution in [2.24, 2.45) is 5.41 Å². The van der Waals surface area contributed by atoms with Gasteiger partial charge in [-0.3, -0.25) is 4.79 Å². The molecule has 0 spiro atoms. The second kappa shape index (κ2) is 5.67. The number of amides is 1. The Hall–Kier alpha value is -1.46. The number of halogens is 1. The van der Waals surface area contributed by atoms with Crippen LogP contribution in [-0.4, -0.2) is 29.3 Å². The third-order valence-corrected chi connectivity index (χ3v) is 3.57. The van der Waals surface area contributed by atoms with Crippen molar-refractivity contribution in [1.82, 2.24) is 5.32 Å². The van der Waals surface area contributed by atoms with Crippen LogP contribution < -0.4 is 5.32 Å². The first-order valence-corrected chi connectivity index (χ1v) is 6.36. The van der Waals surface area contributed by atoms with E-state index >= 15 is 0 Å². The molecule has 4 nitrogen and oxygen atoms in total. The van der Waals surface area contributed by atoms with E-state index in [9.17, 15) is 14.3 Å². The van der Waals surface area contributed by atoms with Crippen molar-refractivity contribution in [1.29, 1.82) is 0 Å². The van der Waals surface area contributed by atoms with Crippen LogP contribution in [0.15, 0.2) is 24.3 Å². The van der Waals surface area contributed by atoms with Crippen LogP contribution in [0.1, 0.15) is 30.9 Å². The van der Waals surface area contributed by atoms with Crippen molar-refractivity contribution >= 4 is 5.91 Å². The standard InChI is InChI=1S/C14H18FNO3/c15-11-3-1-2-10(6-11)12(18)7-13(19)16-8-14(9-17)4-5-14/h1-3,6,12,17-18H,4-5,7-9H2,(H,16,19). The summed E-state index contributed by atoms with van der Waals surface area (Å²) in [6.07, 6.45) is 0.706. The molecule has 0 saturated heterocycles. The third kappa shape index (κ3) is 3.75. The average Bonchev–Trinajstić information content (AvgIpc) is 3.17. The maximum absolute atomic E-state index is 13.0. The number of hydrogen-bond acceptors (Lipinski definition) is 3. The van der Waals surface area contributed by atoms with Gasteiger partial charge in [-0.1, -0.05) is 12.1 Å². The van der Waals surface area contributed by atoms with Crippen LogP contribution >= 0.6 is 0 Å². The molecule has 1 fully saturated rings. The van der Waals surface area contributed by atoms with Crippen molar-refractivity contribution in [3.05, 3.63) is 35.6 Å². The van der Waals surface area contributed by atoms with Crippen molar-refractivity contribution < 1.29 is 19.4 Å². The molecule has 0 bridgehead atoms. The highest BCUT2D eigenvalue weighted by Crippen LogP contribution is 2.44. The number of carbonyl (C=O) groups excluding carboxylic acids is 1. The molecule has 1 aromatic carbocycles. The number of nitrogens with one attached hydrogen (secondary N) is 1. The highest BCUT2D eigenvalue weighted by Gasteiger charge is 2.42. The smallest absolute Gasteiger partial charge is 0.222 e. The monoisotopic (exact) mass is 267 g/mol. The van der Waals surface area contributed by atoms with E-state index in [0.717, 1.165) is 12.8 Å². The lowest BCUT2D eigenvalue weighted by atomic mass is 10.1. The average molecular weight is 267 g/mol. The molecule has 1 atom stereocenters. The van der Waals surface area contributed by atoms with Crippen molar-refractivity contribution in [3.8, 4) is 0 Å². The molecule has 1 saturated carbocycles. The number of aliphatic hydroxyl groups excluding tert-OH is 2. The first kappa shape index (κ1) is 14.0. The summed E-state index contributed by atoms with van der Waals surface area (Å²) in [4.78, 5) is 11.7. The molecule has 1 amide bonds. The molecule has 1 unspecified atom stereocenters. The molecule has 0 aromatic heterocycles. The number of aliphatic hydroxyl groups is 2. The molecule has 2 rings (SSSR count). The van der Waals surface area contributed by atoms with Gasteiger partial charge in [-0.05, 0) is 30.5 Å². The second-order valence-corrected chi connectivity index (χ2v) is 5.21. The fourth-order valence-corrected chi connectivity index (χ4v) is 1.93. The number of benzene rings is 1. The molecule has 1 aliphatic rings. The first-order chi connectivity index (χ1) is 9.04. The van der Waals surface area contributed by atoms with E-state index in [2.05, 4.69) is 5.32 Å². The van der Waals surface area contributed by atoms with E-state index in [1.807, 2.05) is 0 Å². The summed E-state index contributed by atoms with van der Waals surface area (Å²) in [5.74, 6) is -0.731. The number of carbonyl (C=O) groups is 1. The molecule has 19 heavy (non-hydrogen) atoms. The van der Waals surface area contributed by atoms with E-state index in [-0.39, 0.29) is 24.3 Å². The Bertz CT molecular complexity index is 460. The van der Waals surface area contributed by atoms with Gasteiger partial charge in [0.15, 0.2) is 0 Å². The Kier molecular flexibility index (Phi) is 4.17. The lowest BCUT2D eigenvalue weighted by Crippen LogP contribution is -2.32. The molecule has 1 aliphatic carbocycles. The normalized spacial score (nSPS) is 17.8. The second-order valence-electron chi connectivity index (χ2n) is 5.21. The molecular weight excluding hydrogens is 249 g/mol. The van der Waals surface area contributed by atoms with Crippen molar-refractivity contribution in [2.45, 2.75) is 25.4 Å². The van der Waals surface area contributed by atoms with Crippen LogP contribution in [-0.2, 0) is 4.79 Å². The minimum absolute atomic E-state index is 0.0692. The summed E-state index contributed by atoms with van der Waals surface area (Å²) in [5.41, 5.74) is 0.234. The summed E-state index contributed by atoms with van der Waals surface area (Å²) in [6, 6.07) is 5.58. The lowest BCUT2D eigenvalue weighted by molar-refractivity contribution is -0.123. The summed E-state index contributed by atoms with van der Waals surface area (Å²) in [6.45, 7) is 0.498. The van der Waals surface area contributed by atoms with Crippen LogP contribution in [0.4, 0.5) is 4.39 Å². The molecule has 104 valence electrons. The van der Waals surface area contributed by atoms with Crippen LogP contribution in [0.25, 0.3) is 0 Å². The Balaban J connectivity index is 1.81. The predicted molar refractivity (Wildman–Crippen MR) is 67.7 cm³/mol. The Labute approximate surface area is 111 Å². The largest absolute Gasteiger partial charge is 0.396 e. The van der Waals surface area contributed by atoms with Crippen LogP contribution in [0.2, 0.25) is 0 Å². The fraction of sp³-hybridized carbons (Fsp3) is 0.500. The van der Waals surface area contributed by atoms with Crippen molar-refractivity contribution in [2.75, 3.05) is 13.2 Å². The lowest BCUT2D eigenvalue weighted by Gasteiger charge is -2.15. The van der Waals surface area contributed by atoms with E-state index in [0.29, 0.717) is 12.1 Å². The Morgan fingerprint density at radius 3 is 2.79 bits per heavy atom. The zero-order valence-corrected chi connectivity index (χ0v) is 10.6. The molecule has 0 aliphatic heterocycles. The number of hydrogen-bond donors (Lipinski definition) is 3. The van der Waals surface area contributed by atoms with Gasteiger partial charge in [0.1, 0.15) is 5.82 Å². The van der Waals surface area contributed by atoms with Crippen LogP contribution in [0.5, 0.6) is 0 Å². The highest BCUT2D eigenvalue weighted by atomic mass is 19.1. The summed E-state index contributed by atoms with van der Waals surface area (Å²) in [7, 11) is 0. The summed E-state index contributed by atoms with van der Waals surface area (Å²) >= 11 is 0. The molecule has 1 aromatic rings. The van der Waals surface area contributed by atoms with Gasteiger partial charge in [0.25, 0.3) is 0 Å². The van der Waals surface area contributed by atoms with Gasteiger partial charge < -0.3 is 15.5 Å². The van der Waals surface area contributed by atoms with Crippen LogP contribution in [0, 0.1) is 11.2 Å². The quantitative estimate of drug-likeness (QED) is 0.724. The van der Waals surface area contributed by atoms with E-state index in [4.69, 9.17) is 5.11 Å². The van der Waals surface area contributed by atoms with Gasteiger partial charge in [0.2, 0.25) is 5.91 Å². The Morgan fingerprint density at radius 1 is 1.47 bits per heavy atom. The molecular formula is C14H18FNO3. The molecule has 3 N–H and O–H groups in total. The molecule has 5 heteroatoms. The van der Waals surface area contributed by atoms with E-state index < -0.39 is 11.9 Å². The first-order valence-electron chi connectivity index (χ1n) is 6.36. The third-order valence-electron chi connectivity index (χ3n) is 3.57. The number of rotatable bonds is 6. The van der Waals surface area contributed by atoms with Gasteiger partial charge in [0, 0.05) is 12.0 Å². The molecule has 0 heterocycles. The van der Waals surface area contributed by atoms with E-state index in [1.54, 1.807) is 6.07 Å². The van der Waals surface area contributed by atoms with E-state index in [1.165, 1.54) is 18.2 Å².